The standard InChI is InChI=1S/C9H7ClO3/c10-7-4-6(9(11)12)3-5-1-2-13-8(5)7/h3-4H,1-2H2,(H,11,12). The quantitative estimate of drug-likeness (QED) is 0.751. The molecule has 0 aliphatic carbocycles. The third-order valence-corrected chi connectivity index (χ3v) is 2.27. The van der Waals surface area contributed by atoms with Crippen LogP contribution in [0.1, 0.15) is 15.9 Å². The first kappa shape index (κ1) is 8.38. The number of benzene rings is 1. The lowest BCUT2D eigenvalue weighted by atomic mass is 10.1. The van der Waals surface area contributed by atoms with E-state index in [1.807, 2.05) is 0 Å². The molecule has 2 rings (SSSR count). The SMILES string of the molecule is O=C(O)c1cc(Cl)c2c(c1)CCO2. The Balaban J connectivity index is 2.55. The molecular formula is C9H7ClO3. The molecule has 0 atom stereocenters. The summed E-state index contributed by atoms with van der Waals surface area (Å²) in [5.41, 5.74) is 1.10. The van der Waals surface area contributed by atoms with Gasteiger partial charge in [-0.15, -0.1) is 0 Å². The van der Waals surface area contributed by atoms with Crippen LogP contribution in [0.2, 0.25) is 5.02 Å². The van der Waals surface area contributed by atoms with Crippen molar-refractivity contribution >= 4 is 17.6 Å². The van der Waals surface area contributed by atoms with Gasteiger partial charge in [0.05, 0.1) is 17.2 Å². The highest BCUT2D eigenvalue weighted by atomic mass is 35.5. The van der Waals surface area contributed by atoms with E-state index in [-0.39, 0.29) is 5.56 Å². The molecule has 1 aromatic carbocycles. The van der Waals surface area contributed by atoms with Crippen LogP contribution in [0.25, 0.3) is 0 Å². The normalized spacial score (nSPS) is 13.6. The number of fused-ring (bicyclic) bond motifs is 1. The number of hydrogen-bond acceptors (Lipinski definition) is 2. The van der Waals surface area contributed by atoms with Crippen molar-refractivity contribution in [3.05, 3.63) is 28.3 Å². The molecule has 0 saturated heterocycles. The number of carboxylic acids is 1. The van der Waals surface area contributed by atoms with Gasteiger partial charge in [-0.25, -0.2) is 4.79 Å². The fourth-order valence-electron chi connectivity index (χ4n) is 1.38. The molecule has 1 aromatic rings. The van der Waals surface area contributed by atoms with Gasteiger partial charge in [0, 0.05) is 6.42 Å². The fraction of sp³-hybridized carbons (Fsp3) is 0.222. The molecule has 1 aliphatic heterocycles. The van der Waals surface area contributed by atoms with Crippen LogP contribution >= 0.6 is 11.6 Å². The first-order valence-electron chi connectivity index (χ1n) is 3.87. The van der Waals surface area contributed by atoms with Crippen LogP contribution in [0.15, 0.2) is 12.1 Å². The molecule has 0 fully saturated rings. The monoisotopic (exact) mass is 198 g/mol. The zero-order chi connectivity index (χ0) is 9.42. The zero-order valence-electron chi connectivity index (χ0n) is 6.71. The molecule has 0 spiro atoms. The molecule has 1 N–H and O–H groups in total. The molecule has 0 unspecified atom stereocenters. The van der Waals surface area contributed by atoms with Crippen molar-refractivity contribution in [3.8, 4) is 5.75 Å². The Hall–Kier alpha value is -1.22. The minimum absolute atomic E-state index is 0.217. The second kappa shape index (κ2) is 2.92. The van der Waals surface area contributed by atoms with Gasteiger partial charge in [0.2, 0.25) is 0 Å². The summed E-state index contributed by atoms with van der Waals surface area (Å²) in [5, 5.41) is 9.12. The Kier molecular flexibility index (Phi) is 1.88. The van der Waals surface area contributed by atoms with Gasteiger partial charge in [0.15, 0.2) is 0 Å². The second-order valence-corrected chi connectivity index (χ2v) is 3.26. The average Bonchev–Trinajstić information content (AvgIpc) is 2.51. The van der Waals surface area contributed by atoms with Gasteiger partial charge >= 0.3 is 5.97 Å². The highest BCUT2D eigenvalue weighted by Gasteiger charge is 2.18. The molecule has 68 valence electrons. The Morgan fingerprint density at radius 1 is 1.54 bits per heavy atom. The highest BCUT2D eigenvalue weighted by molar-refractivity contribution is 6.32. The van der Waals surface area contributed by atoms with Gasteiger partial charge in [-0.3, -0.25) is 0 Å². The number of carbonyl (C=O) groups is 1. The van der Waals surface area contributed by atoms with E-state index in [9.17, 15) is 4.79 Å². The van der Waals surface area contributed by atoms with E-state index in [4.69, 9.17) is 21.4 Å². The minimum Gasteiger partial charge on any atom is -0.491 e. The summed E-state index contributed by atoms with van der Waals surface area (Å²) in [6.07, 6.45) is 0.732. The van der Waals surface area contributed by atoms with Crippen LogP contribution in [-0.4, -0.2) is 17.7 Å². The molecule has 0 saturated carbocycles. The summed E-state index contributed by atoms with van der Waals surface area (Å²) in [6, 6.07) is 3.02. The summed E-state index contributed by atoms with van der Waals surface area (Å²) in [5.74, 6) is -0.330. The molecule has 1 heterocycles. The van der Waals surface area contributed by atoms with Gasteiger partial charge in [0.1, 0.15) is 5.75 Å². The predicted molar refractivity (Wildman–Crippen MR) is 47.6 cm³/mol. The molecule has 0 radical (unpaired) electrons. The van der Waals surface area contributed by atoms with Crippen LogP contribution < -0.4 is 4.74 Å². The summed E-state index contributed by atoms with van der Waals surface area (Å²) < 4.78 is 5.24. The summed E-state index contributed by atoms with van der Waals surface area (Å²) in [4.78, 5) is 10.7. The van der Waals surface area contributed by atoms with Crippen molar-refractivity contribution in [2.75, 3.05) is 6.61 Å². The lowest BCUT2D eigenvalue weighted by Gasteiger charge is -2.02. The number of rotatable bonds is 1. The van der Waals surface area contributed by atoms with Crippen LogP contribution in [0, 0.1) is 0 Å². The maximum Gasteiger partial charge on any atom is 0.335 e. The third-order valence-electron chi connectivity index (χ3n) is 1.99. The Labute approximate surface area is 79.9 Å². The van der Waals surface area contributed by atoms with Gasteiger partial charge in [-0.1, -0.05) is 11.6 Å². The van der Waals surface area contributed by atoms with Crippen molar-refractivity contribution in [1.29, 1.82) is 0 Å². The highest BCUT2D eigenvalue weighted by Crippen LogP contribution is 2.34. The molecular weight excluding hydrogens is 192 g/mol. The van der Waals surface area contributed by atoms with Crippen LogP contribution in [0.5, 0.6) is 5.75 Å². The molecule has 13 heavy (non-hydrogen) atoms. The van der Waals surface area contributed by atoms with E-state index in [1.54, 1.807) is 6.07 Å². The van der Waals surface area contributed by atoms with Gasteiger partial charge < -0.3 is 9.84 Å². The largest absolute Gasteiger partial charge is 0.491 e. The van der Waals surface area contributed by atoms with E-state index >= 15 is 0 Å². The third kappa shape index (κ3) is 1.35. The van der Waals surface area contributed by atoms with E-state index in [0.717, 1.165) is 12.0 Å². The molecule has 1 aliphatic rings. The number of hydrogen-bond donors (Lipinski definition) is 1. The van der Waals surface area contributed by atoms with Crippen LogP contribution in [-0.2, 0) is 6.42 Å². The predicted octanol–water partition coefficient (Wildman–Crippen LogP) is 1.97. The molecule has 3 nitrogen and oxygen atoms in total. The van der Waals surface area contributed by atoms with E-state index in [2.05, 4.69) is 0 Å². The van der Waals surface area contributed by atoms with E-state index in [0.29, 0.717) is 17.4 Å². The first-order chi connectivity index (χ1) is 6.18. The van der Waals surface area contributed by atoms with Crippen molar-refractivity contribution in [2.24, 2.45) is 0 Å². The number of carboxylic acid groups (broad SMARTS) is 1. The Morgan fingerprint density at radius 3 is 3.00 bits per heavy atom. The van der Waals surface area contributed by atoms with Crippen LogP contribution in [0.3, 0.4) is 0 Å². The second-order valence-electron chi connectivity index (χ2n) is 2.85. The van der Waals surface area contributed by atoms with Gasteiger partial charge in [-0.05, 0) is 17.7 Å². The van der Waals surface area contributed by atoms with Crippen molar-refractivity contribution < 1.29 is 14.6 Å². The number of ether oxygens (including phenoxy) is 1. The Bertz CT molecular complexity index is 373. The maximum absolute atomic E-state index is 10.7. The van der Waals surface area contributed by atoms with Crippen LogP contribution in [0.4, 0.5) is 0 Å². The lowest BCUT2D eigenvalue weighted by Crippen LogP contribution is -1.96. The summed E-state index contributed by atoms with van der Waals surface area (Å²) in [6.45, 7) is 0.581. The zero-order valence-corrected chi connectivity index (χ0v) is 7.47. The summed E-state index contributed by atoms with van der Waals surface area (Å²) >= 11 is 5.83. The summed E-state index contributed by atoms with van der Waals surface area (Å²) in [7, 11) is 0. The van der Waals surface area contributed by atoms with E-state index < -0.39 is 5.97 Å². The average molecular weight is 199 g/mol. The van der Waals surface area contributed by atoms with Crippen molar-refractivity contribution in [1.82, 2.24) is 0 Å². The Morgan fingerprint density at radius 2 is 2.31 bits per heavy atom. The smallest absolute Gasteiger partial charge is 0.335 e. The number of halogens is 1. The first-order valence-corrected chi connectivity index (χ1v) is 4.25. The lowest BCUT2D eigenvalue weighted by molar-refractivity contribution is 0.0697. The molecule has 0 bridgehead atoms. The minimum atomic E-state index is -0.961. The molecule has 0 aromatic heterocycles. The topological polar surface area (TPSA) is 46.5 Å². The van der Waals surface area contributed by atoms with Crippen molar-refractivity contribution in [3.63, 3.8) is 0 Å². The van der Waals surface area contributed by atoms with Gasteiger partial charge in [-0.2, -0.15) is 0 Å². The van der Waals surface area contributed by atoms with Crippen molar-refractivity contribution in [2.45, 2.75) is 6.42 Å². The maximum atomic E-state index is 10.7. The number of aromatic carboxylic acids is 1. The molecule has 4 heteroatoms. The van der Waals surface area contributed by atoms with Gasteiger partial charge in [0.25, 0.3) is 0 Å². The fourth-order valence-corrected chi connectivity index (χ4v) is 1.68. The van der Waals surface area contributed by atoms with E-state index in [1.165, 1.54) is 6.07 Å². The molecule has 0 amide bonds.